The van der Waals surface area contributed by atoms with E-state index >= 15 is 0 Å². The number of nitrogens with two attached hydrogens (primary N) is 2. The molecule has 1 rings (SSSR count). The van der Waals surface area contributed by atoms with Crippen LogP contribution in [0.5, 0.6) is 0 Å². The number of hydrogen-bond acceptors (Lipinski definition) is 5. The van der Waals surface area contributed by atoms with Crippen LogP contribution in [0.4, 0.5) is 11.4 Å². The standard InChI is InChI=1S/C13H18N4O2/c1-19-8-7-17(6-2-5-14)12-4-3-10(15)9-11(12)13(16)18/h3-4,9H,2,6-8,15H2,1H3,(H2,16,18). The first-order chi connectivity index (χ1) is 9.10. The molecule has 0 fully saturated rings. The van der Waals surface area contributed by atoms with Gasteiger partial charge in [0.15, 0.2) is 0 Å². The fourth-order valence-corrected chi connectivity index (χ4v) is 1.77. The van der Waals surface area contributed by atoms with Crippen LogP contribution in [0.3, 0.4) is 0 Å². The molecule has 0 aliphatic rings. The normalized spacial score (nSPS) is 9.89. The molecular weight excluding hydrogens is 244 g/mol. The Kier molecular flexibility index (Phi) is 5.64. The molecule has 4 N–H and O–H groups in total. The van der Waals surface area contributed by atoms with Crippen molar-refractivity contribution >= 4 is 17.3 Å². The number of nitrogens with zero attached hydrogens (tertiary/aromatic N) is 2. The van der Waals surface area contributed by atoms with Crippen molar-refractivity contribution in [1.82, 2.24) is 0 Å². The van der Waals surface area contributed by atoms with Gasteiger partial charge in [-0.15, -0.1) is 0 Å². The van der Waals surface area contributed by atoms with Gasteiger partial charge in [-0.3, -0.25) is 4.79 Å². The van der Waals surface area contributed by atoms with Crippen LogP contribution in [0, 0.1) is 11.3 Å². The SMILES string of the molecule is COCCN(CCC#N)c1ccc(N)cc1C(N)=O. The largest absolute Gasteiger partial charge is 0.399 e. The Hall–Kier alpha value is -2.26. The molecule has 0 atom stereocenters. The molecule has 0 aromatic heterocycles. The Morgan fingerprint density at radius 2 is 2.21 bits per heavy atom. The Labute approximate surface area is 112 Å². The maximum atomic E-state index is 11.5. The van der Waals surface area contributed by atoms with Gasteiger partial charge in [0.2, 0.25) is 0 Å². The minimum absolute atomic E-state index is 0.353. The summed E-state index contributed by atoms with van der Waals surface area (Å²) in [6.45, 7) is 1.57. The molecule has 102 valence electrons. The number of carbonyl (C=O) groups is 1. The topological polar surface area (TPSA) is 105 Å². The molecule has 19 heavy (non-hydrogen) atoms. The highest BCUT2D eigenvalue weighted by Gasteiger charge is 2.14. The third-order valence-electron chi connectivity index (χ3n) is 2.69. The highest BCUT2D eigenvalue weighted by atomic mass is 16.5. The van der Waals surface area contributed by atoms with E-state index in [2.05, 4.69) is 6.07 Å². The van der Waals surface area contributed by atoms with Crippen molar-refractivity contribution in [2.24, 2.45) is 5.73 Å². The Balaban J connectivity index is 3.06. The molecule has 0 spiro atoms. The number of nitrogen functional groups attached to an aromatic ring is 1. The van der Waals surface area contributed by atoms with Gasteiger partial charge in [-0.05, 0) is 18.2 Å². The maximum absolute atomic E-state index is 11.5. The zero-order chi connectivity index (χ0) is 14.3. The fourth-order valence-electron chi connectivity index (χ4n) is 1.77. The summed E-state index contributed by atoms with van der Waals surface area (Å²) in [7, 11) is 1.60. The molecule has 0 aliphatic heterocycles. The lowest BCUT2D eigenvalue weighted by Gasteiger charge is -2.25. The minimum atomic E-state index is -0.540. The highest BCUT2D eigenvalue weighted by Crippen LogP contribution is 2.23. The number of methoxy groups -OCH3 is 1. The van der Waals surface area contributed by atoms with E-state index in [1.807, 2.05) is 4.90 Å². The van der Waals surface area contributed by atoms with Gasteiger partial charge in [0, 0.05) is 31.6 Å². The quantitative estimate of drug-likeness (QED) is 0.705. The Bertz CT molecular complexity index is 482. The smallest absolute Gasteiger partial charge is 0.250 e. The monoisotopic (exact) mass is 262 g/mol. The van der Waals surface area contributed by atoms with Crippen molar-refractivity contribution in [2.75, 3.05) is 37.4 Å². The molecule has 0 saturated carbocycles. The molecule has 6 nitrogen and oxygen atoms in total. The van der Waals surface area contributed by atoms with E-state index in [9.17, 15) is 4.79 Å². The van der Waals surface area contributed by atoms with Crippen LogP contribution in [0.2, 0.25) is 0 Å². The van der Waals surface area contributed by atoms with Crippen LogP contribution < -0.4 is 16.4 Å². The Morgan fingerprint density at radius 3 is 2.79 bits per heavy atom. The van der Waals surface area contributed by atoms with Crippen molar-refractivity contribution in [1.29, 1.82) is 5.26 Å². The van der Waals surface area contributed by atoms with Gasteiger partial charge >= 0.3 is 0 Å². The zero-order valence-corrected chi connectivity index (χ0v) is 10.9. The van der Waals surface area contributed by atoms with Crippen LogP contribution in [0.15, 0.2) is 18.2 Å². The second-order valence-electron chi connectivity index (χ2n) is 4.03. The summed E-state index contributed by atoms with van der Waals surface area (Å²) in [5.41, 5.74) is 12.5. The Morgan fingerprint density at radius 1 is 1.47 bits per heavy atom. The second-order valence-corrected chi connectivity index (χ2v) is 4.03. The molecule has 1 amide bonds. The number of benzene rings is 1. The third-order valence-corrected chi connectivity index (χ3v) is 2.69. The molecule has 6 heteroatoms. The van der Waals surface area contributed by atoms with Crippen molar-refractivity contribution in [3.63, 3.8) is 0 Å². The van der Waals surface area contributed by atoms with E-state index in [0.717, 1.165) is 0 Å². The van der Waals surface area contributed by atoms with E-state index in [4.69, 9.17) is 21.5 Å². The number of primary amides is 1. The molecule has 0 saturated heterocycles. The van der Waals surface area contributed by atoms with Crippen molar-refractivity contribution in [2.45, 2.75) is 6.42 Å². The molecule has 0 unspecified atom stereocenters. The first kappa shape index (κ1) is 14.8. The van der Waals surface area contributed by atoms with Crippen molar-refractivity contribution < 1.29 is 9.53 Å². The first-order valence-corrected chi connectivity index (χ1v) is 5.90. The fraction of sp³-hybridized carbons (Fsp3) is 0.385. The predicted octanol–water partition coefficient (Wildman–Crippen LogP) is 0.734. The van der Waals surface area contributed by atoms with Crippen molar-refractivity contribution in [3.8, 4) is 6.07 Å². The molecule has 1 aromatic carbocycles. The van der Waals surface area contributed by atoms with E-state index in [0.29, 0.717) is 43.1 Å². The summed E-state index contributed by atoms with van der Waals surface area (Å²) < 4.78 is 5.03. The van der Waals surface area contributed by atoms with Crippen LogP contribution >= 0.6 is 0 Å². The molecule has 0 heterocycles. The third kappa shape index (κ3) is 4.16. The number of carbonyl (C=O) groups excluding carboxylic acids is 1. The number of ether oxygens (including phenoxy) is 1. The molecule has 0 radical (unpaired) electrons. The van der Waals surface area contributed by atoms with E-state index in [1.54, 1.807) is 25.3 Å². The van der Waals surface area contributed by atoms with E-state index < -0.39 is 5.91 Å². The predicted molar refractivity (Wildman–Crippen MR) is 73.7 cm³/mol. The second kappa shape index (κ2) is 7.24. The van der Waals surface area contributed by atoms with Gasteiger partial charge in [0.1, 0.15) is 0 Å². The van der Waals surface area contributed by atoms with Crippen LogP contribution in [-0.2, 0) is 4.74 Å². The summed E-state index contributed by atoms with van der Waals surface area (Å²) in [6, 6.07) is 7.07. The van der Waals surface area contributed by atoms with Gasteiger partial charge in [0.05, 0.1) is 24.7 Å². The van der Waals surface area contributed by atoms with Crippen molar-refractivity contribution in [3.05, 3.63) is 23.8 Å². The van der Waals surface area contributed by atoms with Crippen LogP contribution in [0.25, 0.3) is 0 Å². The van der Waals surface area contributed by atoms with E-state index in [-0.39, 0.29) is 0 Å². The summed E-state index contributed by atoms with van der Waals surface area (Å²) in [5.74, 6) is -0.540. The number of anilines is 2. The number of nitriles is 1. The van der Waals surface area contributed by atoms with Gasteiger partial charge in [-0.2, -0.15) is 5.26 Å². The zero-order valence-electron chi connectivity index (χ0n) is 10.9. The first-order valence-electron chi connectivity index (χ1n) is 5.90. The highest BCUT2D eigenvalue weighted by molar-refractivity contribution is 5.99. The molecule has 0 bridgehead atoms. The number of hydrogen-bond donors (Lipinski definition) is 2. The van der Waals surface area contributed by atoms with Gasteiger partial charge < -0.3 is 21.1 Å². The lowest BCUT2D eigenvalue weighted by molar-refractivity contribution is 0.100. The van der Waals surface area contributed by atoms with E-state index in [1.165, 1.54) is 0 Å². The van der Waals surface area contributed by atoms with Gasteiger partial charge in [-0.25, -0.2) is 0 Å². The number of rotatable bonds is 7. The summed E-state index contributed by atoms with van der Waals surface area (Å²) in [5, 5.41) is 8.69. The summed E-state index contributed by atoms with van der Waals surface area (Å²) >= 11 is 0. The van der Waals surface area contributed by atoms with Crippen LogP contribution in [0.1, 0.15) is 16.8 Å². The average Bonchev–Trinajstić information content (AvgIpc) is 2.39. The minimum Gasteiger partial charge on any atom is -0.399 e. The molecule has 0 aliphatic carbocycles. The summed E-state index contributed by atoms with van der Waals surface area (Å²) in [6.07, 6.45) is 0.353. The number of amides is 1. The van der Waals surface area contributed by atoms with Crippen LogP contribution in [-0.4, -0.2) is 32.7 Å². The van der Waals surface area contributed by atoms with Gasteiger partial charge in [0.25, 0.3) is 5.91 Å². The molecular formula is C13H18N4O2. The summed E-state index contributed by atoms with van der Waals surface area (Å²) in [4.78, 5) is 13.4. The lowest BCUT2D eigenvalue weighted by Crippen LogP contribution is -2.30. The maximum Gasteiger partial charge on any atom is 0.250 e. The lowest BCUT2D eigenvalue weighted by atomic mass is 10.1. The van der Waals surface area contributed by atoms with Gasteiger partial charge in [-0.1, -0.05) is 0 Å². The molecule has 1 aromatic rings. The average molecular weight is 262 g/mol.